The minimum absolute atomic E-state index is 0.724. The number of benzene rings is 1. The van der Waals surface area contributed by atoms with Gasteiger partial charge in [-0.05, 0) is 37.0 Å². The van der Waals surface area contributed by atoms with Crippen molar-refractivity contribution < 1.29 is 9.47 Å². The van der Waals surface area contributed by atoms with E-state index in [-0.39, 0.29) is 0 Å². The van der Waals surface area contributed by atoms with Crippen LogP contribution in [0, 0.1) is 0 Å². The molecule has 0 amide bonds. The van der Waals surface area contributed by atoms with E-state index in [0.29, 0.717) is 0 Å². The number of nitrogens with zero attached hydrogens (tertiary/aromatic N) is 2. The number of anilines is 1. The molecule has 5 nitrogen and oxygen atoms in total. The molecule has 1 aromatic heterocycles. The zero-order valence-electron chi connectivity index (χ0n) is 15.2. The fourth-order valence-corrected chi connectivity index (χ4v) is 3.73. The van der Waals surface area contributed by atoms with Crippen molar-refractivity contribution in [1.29, 1.82) is 0 Å². The third kappa shape index (κ3) is 3.84. The van der Waals surface area contributed by atoms with Crippen LogP contribution in [0.1, 0.15) is 24.8 Å². The molecule has 1 saturated carbocycles. The second-order valence-corrected chi connectivity index (χ2v) is 7.12. The second kappa shape index (κ2) is 7.77. The highest BCUT2D eigenvalue weighted by atomic mass is 16.5. The lowest BCUT2D eigenvalue weighted by atomic mass is 10.1. The van der Waals surface area contributed by atoms with Gasteiger partial charge in [0.25, 0.3) is 0 Å². The highest BCUT2D eigenvalue weighted by Crippen LogP contribution is 2.33. The van der Waals surface area contributed by atoms with Crippen molar-refractivity contribution in [2.45, 2.75) is 38.4 Å². The second-order valence-electron chi connectivity index (χ2n) is 7.12. The lowest BCUT2D eigenvalue weighted by Gasteiger charge is -2.29. The molecule has 0 bridgehead atoms. The number of rotatable bonds is 8. The summed E-state index contributed by atoms with van der Waals surface area (Å²) in [5.41, 5.74) is 4.12. The van der Waals surface area contributed by atoms with Gasteiger partial charge in [-0.15, -0.1) is 0 Å². The van der Waals surface area contributed by atoms with E-state index in [9.17, 15) is 0 Å². The molecule has 0 atom stereocenters. The molecule has 0 radical (unpaired) electrons. The number of nitrogens with one attached hydrogen (secondary N) is 1. The first-order valence-corrected chi connectivity index (χ1v) is 9.52. The summed E-state index contributed by atoms with van der Waals surface area (Å²) < 4.78 is 13.2. The average molecular weight is 343 g/mol. The summed E-state index contributed by atoms with van der Waals surface area (Å²) in [5, 5.41) is 5.11. The van der Waals surface area contributed by atoms with Crippen LogP contribution in [0.5, 0.6) is 0 Å². The van der Waals surface area contributed by atoms with Crippen LogP contribution in [0.2, 0.25) is 0 Å². The Balaban J connectivity index is 1.67. The monoisotopic (exact) mass is 343 g/mol. The molecule has 2 aliphatic rings. The van der Waals surface area contributed by atoms with Crippen LogP contribution in [0.4, 0.5) is 5.69 Å². The standard InChI is InChI=1S/C20H29N3O2/c1-24-11-3-8-23-15-16(14-21-17-6-7-17)20-18(4-2-5-19(20)23)22-9-12-25-13-10-22/h2,4-5,15,17,21H,3,6-14H2,1H3. The van der Waals surface area contributed by atoms with E-state index in [1.165, 1.54) is 35.0 Å². The van der Waals surface area contributed by atoms with Gasteiger partial charge in [0.2, 0.25) is 0 Å². The molecule has 136 valence electrons. The van der Waals surface area contributed by atoms with E-state index in [2.05, 4.69) is 39.2 Å². The molecule has 1 aliphatic carbocycles. The van der Waals surface area contributed by atoms with E-state index >= 15 is 0 Å². The molecule has 0 unspecified atom stereocenters. The Hall–Kier alpha value is -1.56. The van der Waals surface area contributed by atoms with Gasteiger partial charge in [0.15, 0.2) is 0 Å². The maximum absolute atomic E-state index is 5.55. The number of aromatic nitrogens is 1. The van der Waals surface area contributed by atoms with E-state index < -0.39 is 0 Å². The van der Waals surface area contributed by atoms with Gasteiger partial charge in [0, 0.05) is 63.2 Å². The van der Waals surface area contributed by atoms with E-state index in [0.717, 1.165) is 58.5 Å². The minimum Gasteiger partial charge on any atom is -0.385 e. The fraction of sp³-hybridized carbons (Fsp3) is 0.600. The van der Waals surface area contributed by atoms with E-state index in [1.807, 2.05) is 0 Å². The smallest absolute Gasteiger partial charge is 0.0642 e. The van der Waals surface area contributed by atoms with Gasteiger partial charge in [-0.25, -0.2) is 0 Å². The number of morpholine rings is 1. The number of fused-ring (bicyclic) bond motifs is 1. The average Bonchev–Trinajstić information content (AvgIpc) is 3.42. The third-order valence-electron chi connectivity index (χ3n) is 5.22. The number of ether oxygens (including phenoxy) is 2. The summed E-state index contributed by atoms with van der Waals surface area (Å²) >= 11 is 0. The van der Waals surface area contributed by atoms with Crippen LogP contribution in [-0.2, 0) is 22.6 Å². The van der Waals surface area contributed by atoms with Crippen molar-refractivity contribution in [3.8, 4) is 0 Å². The molecule has 25 heavy (non-hydrogen) atoms. The first-order chi connectivity index (χ1) is 12.4. The van der Waals surface area contributed by atoms with Gasteiger partial charge in [-0.1, -0.05) is 6.07 Å². The molecular weight excluding hydrogens is 314 g/mol. The Bertz CT molecular complexity index is 702. The molecule has 5 heteroatoms. The van der Waals surface area contributed by atoms with Gasteiger partial charge in [0.1, 0.15) is 0 Å². The maximum Gasteiger partial charge on any atom is 0.0642 e. The summed E-state index contributed by atoms with van der Waals surface area (Å²) in [4.78, 5) is 2.48. The molecule has 2 fully saturated rings. The van der Waals surface area contributed by atoms with Crippen molar-refractivity contribution in [2.75, 3.05) is 44.9 Å². The Kier molecular flexibility index (Phi) is 5.25. The van der Waals surface area contributed by atoms with E-state index in [1.54, 1.807) is 7.11 Å². The zero-order valence-corrected chi connectivity index (χ0v) is 15.2. The van der Waals surface area contributed by atoms with Crippen LogP contribution in [-0.4, -0.2) is 50.6 Å². The van der Waals surface area contributed by atoms with Crippen LogP contribution < -0.4 is 10.2 Å². The molecular formula is C20H29N3O2. The fourth-order valence-electron chi connectivity index (χ4n) is 3.73. The van der Waals surface area contributed by atoms with Gasteiger partial charge >= 0.3 is 0 Å². The quantitative estimate of drug-likeness (QED) is 0.748. The van der Waals surface area contributed by atoms with Crippen LogP contribution in [0.25, 0.3) is 10.9 Å². The summed E-state index contributed by atoms with van der Waals surface area (Å²) in [5.74, 6) is 0. The van der Waals surface area contributed by atoms with Gasteiger partial charge < -0.3 is 24.3 Å². The highest BCUT2D eigenvalue weighted by molar-refractivity contribution is 5.96. The van der Waals surface area contributed by atoms with Gasteiger partial charge in [-0.3, -0.25) is 0 Å². The number of hydrogen-bond donors (Lipinski definition) is 1. The van der Waals surface area contributed by atoms with Crippen molar-refractivity contribution in [2.24, 2.45) is 0 Å². The molecule has 1 saturated heterocycles. The van der Waals surface area contributed by atoms with E-state index in [4.69, 9.17) is 9.47 Å². The van der Waals surface area contributed by atoms with Crippen LogP contribution in [0.3, 0.4) is 0 Å². The van der Waals surface area contributed by atoms with Crippen molar-refractivity contribution >= 4 is 16.6 Å². The van der Waals surface area contributed by atoms with Crippen LogP contribution >= 0.6 is 0 Å². The predicted octanol–water partition coefficient (Wildman–Crippen LogP) is 2.77. The molecule has 4 rings (SSSR count). The minimum atomic E-state index is 0.724. The Labute approximate surface area is 149 Å². The number of aryl methyl sites for hydroxylation is 1. The molecule has 2 heterocycles. The first-order valence-electron chi connectivity index (χ1n) is 9.52. The molecule has 2 aromatic rings. The molecule has 0 spiro atoms. The number of hydrogen-bond acceptors (Lipinski definition) is 4. The SMILES string of the molecule is COCCCn1cc(CNC2CC2)c2c(N3CCOCC3)cccc21. The summed E-state index contributed by atoms with van der Waals surface area (Å²) in [7, 11) is 1.77. The topological polar surface area (TPSA) is 38.7 Å². The number of methoxy groups -OCH3 is 1. The third-order valence-corrected chi connectivity index (χ3v) is 5.22. The van der Waals surface area contributed by atoms with Gasteiger partial charge in [0.05, 0.1) is 18.7 Å². The van der Waals surface area contributed by atoms with Crippen molar-refractivity contribution in [3.05, 3.63) is 30.0 Å². The van der Waals surface area contributed by atoms with Crippen molar-refractivity contribution in [1.82, 2.24) is 9.88 Å². The Morgan fingerprint density at radius 2 is 2.08 bits per heavy atom. The summed E-state index contributed by atoms with van der Waals surface area (Å²) in [6, 6.07) is 7.45. The first kappa shape index (κ1) is 16.9. The molecule has 1 aromatic carbocycles. The largest absolute Gasteiger partial charge is 0.385 e. The molecule has 1 N–H and O–H groups in total. The predicted molar refractivity (Wildman–Crippen MR) is 101 cm³/mol. The zero-order chi connectivity index (χ0) is 17.1. The summed E-state index contributed by atoms with van der Waals surface area (Å²) in [6.07, 6.45) is 6.03. The highest BCUT2D eigenvalue weighted by Gasteiger charge is 2.22. The lowest BCUT2D eigenvalue weighted by Crippen LogP contribution is -2.36. The normalized spacial score (nSPS) is 18.2. The lowest BCUT2D eigenvalue weighted by molar-refractivity contribution is 0.123. The van der Waals surface area contributed by atoms with Crippen LogP contribution in [0.15, 0.2) is 24.4 Å². The molecule has 1 aliphatic heterocycles. The summed E-state index contributed by atoms with van der Waals surface area (Å²) in [6.45, 7) is 6.35. The maximum atomic E-state index is 5.55. The van der Waals surface area contributed by atoms with Crippen molar-refractivity contribution in [3.63, 3.8) is 0 Å². The Morgan fingerprint density at radius 3 is 2.84 bits per heavy atom. The van der Waals surface area contributed by atoms with Gasteiger partial charge in [-0.2, -0.15) is 0 Å². The Morgan fingerprint density at radius 1 is 1.24 bits per heavy atom.